The molecule has 0 spiro atoms. The maximum atomic E-state index is 14.8. The van der Waals surface area contributed by atoms with Gasteiger partial charge in [-0.15, -0.1) is 11.3 Å². The Morgan fingerprint density at radius 1 is 0.966 bits per heavy atom. The maximum Gasteiger partial charge on any atom is 0.408 e. The number of hydrogen-bond acceptors (Lipinski definition) is 9. The van der Waals surface area contributed by atoms with Gasteiger partial charge in [-0.2, -0.15) is 0 Å². The molecule has 12 nitrogen and oxygen atoms in total. The number of nitrogens with zero attached hydrogens (tertiary/aromatic N) is 2. The molecule has 2 aliphatic heterocycles. The Kier molecular flexibility index (Phi) is 12.1. The molecule has 2 aromatic carbocycles. The largest absolute Gasteiger partial charge is 0.497 e. The Morgan fingerprint density at radius 2 is 1.72 bits per heavy atom. The van der Waals surface area contributed by atoms with E-state index in [1.165, 1.54) is 16.2 Å². The Morgan fingerprint density at radius 3 is 2.48 bits per heavy atom. The minimum absolute atomic E-state index is 0.0285. The first-order valence-electron chi connectivity index (χ1n) is 20.8. The number of carbonyl (C=O) groups excluding carboxylic acids is 3. The number of alkyl carbamates (subject to hydrolysis) is 1. The zero-order valence-electron chi connectivity index (χ0n) is 33.0. The average Bonchev–Trinajstić information content (AvgIpc) is 3.68. The Bertz CT molecular complexity index is 2150. The van der Waals surface area contributed by atoms with Crippen molar-refractivity contribution in [1.82, 2.24) is 20.5 Å². The van der Waals surface area contributed by atoms with E-state index < -0.39 is 48.7 Å². The molecule has 2 aliphatic carbocycles. The summed E-state index contributed by atoms with van der Waals surface area (Å²) in [7, 11) is -2.35. The summed E-state index contributed by atoms with van der Waals surface area (Å²) >= 11 is 1.43. The first kappa shape index (κ1) is 40.3. The number of nitrogens with one attached hydrogen (secondary N) is 2. The zero-order chi connectivity index (χ0) is 40.3. The number of pyridine rings is 1. The lowest BCUT2D eigenvalue weighted by atomic mass is 10.0. The molecule has 308 valence electrons. The quantitative estimate of drug-likeness (QED) is 0.141. The highest BCUT2D eigenvalue weighted by atomic mass is 32.1. The molecular formula is C44H53N4O8PS. The predicted molar refractivity (Wildman–Crippen MR) is 223 cm³/mol. The number of fused-ring (bicyclic) bond motifs is 3. The molecule has 58 heavy (non-hydrogen) atoms. The number of benzene rings is 2. The van der Waals surface area contributed by atoms with Gasteiger partial charge < -0.3 is 34.6 Å². The lowest BCUT2D eigenvalue weighted by Gasteiger charge is -2.31. The molecule has 4 aliphatic rings. The van der Waals surface area contributed by atoms with Crippen LogP contribution >= 0.6 is 18.7 Å². The number of aromatic nitrogens is 1. The van der Waals surface area contributed by atoms with E-state index in [0.717, 1.165) is 73.6 Å². The number of ether oxygens (including phenoxy) is 3. The van der Waals surface area contributed by atoms with E-state index in [1.54, 1.807) is 7.11 Å². The van der Waals surface area contributed by atoms with Crippen LogP contribution in [0.3, 0.4) is 0 Å². The van der Waals surface area contributed by atoms with E-state index in [2.05, 4.69) is 10.6 Å². The molecule has 3 N–H and O–H groups in total. The van der Waals surface area contributed by atoms with Gasteiger partial charge in [-0.3, -0.25) is 14.2 Å². The summed E-state index contributed by atoms with van der Waals surface area (Å²) < 4.78 is 32.5. The van der Waals surface area contributed by atoms with Crippen LogP contribution in [0.2, 0.25) is 0 Å². The van der Waals surface area contributed by atoms with E-state index in [-0.39, 0.29) is 31.1 Å². The zero-order valence-corrected chi connectivity index (χ0v) is 34.7. The highest BCUT2D eigenvalue weighted by Crippen LogP contribution is 2.71. The summed E-state index contributed by atoms with van der Waals surface area (Å²) in [6.45, 7) is 0.0653. The van der Waals surface area contributed by atoms with Crippen molar-refractivity contribution in [2.45, 2.75) is 119 Å². The molecule has 1 unspecified atom stereocenters. The molecule has 0 radical (unpaired) electrons. The maximum absolute atomic E-state index is 14.8. The first-order chi connectivity index (χ1) is 28.1. The van der Waals surface area contributed by atoms with Gasteiger partial charge in [-0.25, -0.2) is 9.78 Å². The molecule has 4 heterocycles. The lowest BCUT2D eigenvalue weighted by molar-refractivity contribution is -0.140. The second-order valence-electron chi connectivity index (χ2n) is 16.3. The van der Waals surface area contributed by atoms with Crippen LogP contribution in [0.25, 0.3) is 22.2 Å². The summed E-state index contributed by atoms with van der Waals surface area (Å²) in [4.78, 5) is 61.8. The van der Waals surface area contributed by atoms with Crippen LogP contribution in [0, 0.1) is 5.92 Å². The van der Waals surface area contributed by atoms with E-state index in [0.29, 0.717) is 42.0 Å². The Hall–Kier alpha value is -4.45. The van der Waals surface area contributed by atoms with Crippen molar-refractivity contribution in [3.63, 3.8) is 0 Å². The summed E-state index contributed by atoms with van der Waals surface area (Å²) in [5.41, 5.74) is 2.24. The predicted octanol–water partition coefficient (Wildman–Crippen LogP) is 8.40. The number of amides is 3. The molecule has 2 saturated heterocycles. The number of rotatable bonds is 9. The number of methoxy groups -OCH3 is 1. The molecule has 8 rings (SSSR count). The fourth-order valence-electron chi connectivity index (χ4n) is 9.15. The lowest BCUT2D eigenvalue weighted by Crippen LogP contribution is -2.55. The monoisotopic (exact) mass is 828 g/mol. The van der Waals surface area contributed by atoms with Crippen molar-refractivity contribution in [2.24, 2.45) is 5.92 Å². The van der Waals surface area contributed by atoms with Gasteiger partial charge in [0, 0.05) is 34.4 Å². The van der Waals surface area contributed by atoms with E-state index in [4.69, 9.17) is 19.2 Å². The second-order valence-corrected chi connectivity index (χ2v) is 19.9. The fourth-order valence-corrected chi connectivity index (χ4v) is 12.8. The van der Waals surface area contributed by atoms with Crippen molar-refractivity contribution in [2.75, 3.05) is 13.7 Å². The van der Waals surface area contributed by atoms with Gasteiger partial charge in [0.25, 0.3) is 0 Å². The highest BCUT2D eigenvalue weighted by molar-refractivity contribution is 7.59. The molecule has 6 atom stereocenters. The third-order valence-corrected chi connectivity index (χ3v) is 16.2. The van der Waals surface area contributed by atoms with Gasteiger partial charge in [0.15, 0.2) is 0 Å². The number of thiophene rings is 1. The van der Waals surface area contributed by atoms with E-state index in [1.807, 2.05) is 72.1 Å². The molecule has 4 aromatic rings. The summed E-state index contributed by atoms with van der Waals surface area (Å²) in [6, 6.07) is 19.0. The second kappa shape index (κ2) is 17.4. The van der Waals surface area contributed by atoms with Gasteiger partial charge in [0.2, 0.25) is 19.2 Å². The minimum atomic E-state index is -3.95. The SMILES string of the molecule is COc1ccc2c(O[C@@H]3C[C@H]4C(=O)N[C@]5(P(=O)(O)Cc6cccs6)C[C@H]5CCCCCCC[C@H](NC(=O)OC5CCCC5)C(=O)N4C3)cc(-c3ccccc3)nc2c1. The molecule has 2 saturated carbocycles. The number of carbonyl (C=O) groups is 3. The van der Waals surface area contributed by atoms with Crippen LogP contribution in [0.5, 0.6) is 11.5 Å². The van der Waals surface area contributed by atoms with Crippen molar-refractivity contribution >= 4 is 47.5 Å². The molecule has 0 bridgehead atoms. The van der Waals surface area contributed by atoms with Crippen molar-refractivity contribution in [3.05, 3.63) is 77.0 Å². The molecule has 2 aromatic heterocycles. The molecular weight excluding hydrogens is 776 g/mol. The summed E-state index contributed by atoms with van der Waals surface area (Å²) in [6.07, 6.45) is 8.12. The molecule has 3 amide bonds. The topological polar surface area (TPSA) is 156 Å². The Labute approximate surface area is 343 Å². The van der Waals surface area contributed by atoms with E-state index in [9.17, 15) is 23.8 Å². The van der Waals surface area contributed by atoms with Gasteiger partial charge >= 0.3 is 6.09 Å². The van der Waals surface area contributed by atoms with Gasteiger partial charge in [-0.05, 0) is 74.4 Å². The van der Waals surface area contributed by atoms with E-state index >= 15 is 0 Å². The van der Waals surface area contributed by atoms with Crippen LogP contribution in [-0.2, 0) is 25.1 Å². The van der Waals surface area contributed by atoms with Crippen molar-refractivity contribution in [3.8, 4) is 22.8 Å². The average molecular weight is 829 g/mol. The van der Waals surface area contributed by atoms with Gasteiger partial charge in [0.05, 0.1) is 31.0 Å². The fraction of sp³-hybridized carbons (Fsp3) is 0.500. The highest BCUT2D eigenvalue weighted by Gasteiger charge is 2.66. The van der Waals surface area contributed by atoms with Crippen LogP contribution in [0.1, 0.15) is 88.3 Å². The third-order valence-electron chi connectivity index (χ3n) is 12.4. The first-order valence-corrected chi connectivity index (χ1v) is 23.5. The molecule has 4 fully saturated rings. The van der Waals surface area contributed by atoms with Crippen LogP contribution < -0.4 is 20.1 Å². The smallest absolute Gasteiger partial charge is 0.408 e. The summed E-state index contributed by atoms with van der Waals surface area (Å²) in [5.74, 6) is 0.148. The van der Waals surface area contributed by atoms with Gasteiger partial charge in [-0.1, -0.05) is 68.5 Å². The Balaban J connectivity index is 1.12. The van der Waals surface area contributed by atoms with Gasteiger partial charge in [0.1, 0.15) is 41.1 Å². The van der Waals surface area contributed by atoms with Crippen LogP contribution in [-0.4, -0.2) is 75.9 Å². The standard InChI is InChI=1S/C44H53N4O8PS/c1-54-32-20-21-35-38(23-32)45-37(29-13-6-5-7-14-29)25-40(35)55-33-24-39-41(49)47-44(57(52,53)28-34-18-12-22-58-34)26-30(44)15-8-3-2-4-9-19-36(42(50)48(39)27-33)46-43(51)56-31-16-10-11-17-31/h5-7,12-14,18,20-23,25,30-31,33,36,39H,2-4,8-11,15-17,19,24,26-28H2,1H3,(H,46,51)(H,47,49)(H,52,53)/t30-,33-,36+,39+,44+/m1/s1. The van der Waals surface area contributed by atoms with Crippen molar-refractivity contribution < 1.29 is 38.1 Å². The molecule has 14 heteroatoms. The van der Waals surface area contributed by atoms with Crippen molar-refractivity contribution in [1.29, 1.82) is 0 Å². The summed E-state index contributed by atoms with van der Waals surface area (Å²) in [5, 5.41) is 7.34. The van der Waals surface area contributed by atoms with Crippen LogP contribution in [0.15, 0.2) is 72.1 Å². The minimum Gasteiger partial charge on any atom is -0.497 e. The third kappa shape index (κ3) is 8.77. The normalized spacial score (nSPS) is 26.7. The van der Waals surface area contributed by atoms with Crippen LogP contribution in [0.4, 0.5) is 4.79 Å². The number of hydrogen-bond donors (Lipinski definition) is 3.